The molecule has 0 saturated carbocycles. The fraction of sp³-hybridized carbons (Fsp3) is 0.267. The van der Waals surface area contributed by atoms with E-state index in [0.29, 0.717) is 18.8 Å². The Balaban J connectivity index is 2.00. The maximum atomic E-state index is 10.9. The molecule has 21 heavy (non-hydrogen) atoms. The van der Waals surface area contributed by atoms with Crippen LogP contribution in [0.2, 0.25) is 0 Å². The van der Waals surface area contributed by atoms with Gasteiger partial charge in [-0.1, -0.05) is 6.07 Å². The Morgan fingerprint density at radius 1 is 1.24 bits per heavy atom. The van der Waals surface area contributed by atoms with Crippen molar-refractivity contribution in [2.24, 2.45) is 0 Å². The van der Waals surface area contributed by atoms with E-state index >= 15 is 0 Å². The number of nitro benzene ring substituents is 1. The minimum atomic E-state index is -0.421. The summed E-state index contributed by atoms with van der Waals surface area (Å²) in [6.07, 6.45) is 1.82. The lowest BCUT2D eigenvalue weighted by atomic mass is 10.2. The highest BCUT2D eigenvalue weighted by Gasteiger charge is 2.10. The Morgan fingerprint density at radius 2 is 2.00 bits per heavy atom. The molecule has 1 aromatic carbocycles. The maximum Gasteiger partial charge on any atom is 0.273 e. The van der Waals surface area contributed by atoms with Crippen molar-refractivity contribution >= 4 is 5.69 Å². The lowest BCUT2D eigenvalue weighted by Gasteiger charge is -2.07. The number of rotatable bonds is 6. The van der Waals surface area contributed by atoms with E-state index in [1.807, 2.05) is 25.3 Å². The number of pyridine rings is 1. The van der Waals surface area contributed by atoms with Gasteiger partial charge in [0.1, 0.15) is 5.75 Å². The molecule has 0 aliphatic heterocycles. The van der Waals surface area contributed by atoms with Crippen LogP contribution in [0.15, 0.2) is 36.5 Å². The fourth-order valence-corrected chi connectivity index (χ4v) is 1.92. The van der Waals surface area contributed by atoms with Crippen LogP contribution in [0.1, 0.15) is 16.8 Å². The third kappa shape index (κ3) is 4.25. The Hall–Kier alpha value is -2.47. The van der Waals surface area contributed by atoms with Crippen molar-refractivity contribution in [3.63, 3.8) is 0 Å². The SMILES string of the molecule is COc1cc(CNCc2ccc(C)nc2)cc([N+](=O)[O-])c1. The van der Waals surface area contributed by atoms with Crippen molar-refractivity contribution in [2.45, 2.75) is 20.0 Å². The first kappa shape index (κ1) is 14.9. The molecular weight excluding hydrogens is 270 g/mol. The molecule has 0 saturated heterocycles. The molecule has 6 heteroatoms. The van der Waals surface area contributed by atoms with Crippen molar-refractivity contribution < 1.29 is 9.66 Å². The number of non-ortho nitro benzene ring substituents is 1. The van der Waals surface area contributed by atoms with Crippen LogP contribution in [0.25, 0.3) is 0 Å². The molecule has 2 aromatic rings. The zero-order valence-corrected chi connectivity index (χ0v) is 12.0. The van der Waals surface area contributed by atoms with E-state index in [2.05, 4.69) is 10.3 Å². The number of nitrogens with zero attached hydrogens (tertiary/aromatic N) is 2. The maximum absolute atomic E-state index is 10.9. The number of ether oxygens (including phenoxy) is 1. The van der Waals surface area contributed by atoms with E-state index in [0.717, 1.165) is 16.8 Å². The number of aromatic nitrogens is 1. The molecule has 0 aliphatic rings. The summed E-state index contributed by atoms with van der Waals surface area (Å²) in [5.74, 6) is 0.484. The van der Waals surface area contributed by atoms with Crippen LogP contribution in [0.5, 0.6) is 5.75 Å². The van der Waals surface area contributed by atoms with Crippen LogP contribution >= 0.6 is 0 Å². The zero-order valence-electron chi connectivity index (χ0n) is 12.0. The standard InChI is InChI=1S/C15H17N3O3/c1-11-3-4-12(10-17-11)8-16-9-13-5-14(18(19)20)7-15(6-13)21-2/h3-7,10,16H,8-9H2,1-2H3. The third-order valence-corrected chi connectivity index (χ3v) is 3.03. The second-order valence-corrected chi connectivity index (χ2v) is 4.71. The largest absolute Gasteiger partial charge is 0.496 e. The number of methoxy groups -OCH3 is 1. The van der Waals surface area contributed by atoms with Gasteiger partial charge >= 0.3 is 0 Å². The number of hydrogen-bond donors (Lipinski definition) is 1. The van der Waals surface area contributed by atoms with Gasteiger partial charge < -0.3 is 10.1 Å². The number of nitro groups is 1. The monoisotopic (exact) mass is 287 g/mol. The molecule has 0 fully saturated rings. The van der Waals surface area contributed by atoms with E-state index in [1.54, 1.807) is 12.1 Å². The van der Waals surface area contributed by atoms with Gasteiger partial charge in [0.2, 0.25) is 0 Å². The van der Waals surface area contributed by atoms with Gasteiger partial charge in [-0.2, -0.15) is 0 Å². The Bertz CT molecular complexity index is 627. The van der Waals surface area contributed by atoms with Crippen LogP contribution < -0.4 is 10.1 Å². The quantitative estimate of drug-likeness (QED) is 0.652. The van der Waals surface area contributed by atoms with Gasteiger partial charge in [0.15, 0.2) is 0 Å². The minimum absolute atomic E-state index is 0.0307. The predicted octanol–water partition coefficient (Wildman–Crippen LogP) is 2.60. The second kappa shape index (κ2) is 6.81. The Morgan fingerprint density at radius 3 is 2.62 bits per heavy atom. The number of aryl methyl sites for hydroxylation is 1. The molecule has 0 bridgehead atoms. The summed E-state index contributed by atoms with van der Waals surface area (Å²) in [5, 5.41) is 14.1. The lowest BCUT2D eigenvalue weighted by molar-refractivity contribution is -0.385. The van der Waals surface area contributed by atoms with E-state index in [1.165, 1.54) is 13.2 Å². The highest BCUT2D eigenvalue weighted by Crippen LogP contribution is 2.22. The second-order valence-electron chi connectivity index (χ2n) is 4.71. The summed E-state index contributed by atoms with van der Waals surface area (Å²) < 4.78 is 5.08. The molecule has 0 amide bonds. The van der Waals surface area contributed by atoms with Gasteiger partial charge in [-0.3, -0.25) is 15.1 Å². The van der Waals surface area contributed by atoms with Crippen molar-refractivity contribution in [1.29, 1.82) is 0 Å². The van der Waals surface area contributed by atoms with Gasteiger partial charge in [0.05, 0.1) is 18.1 Å². The first-order valence-corrected chi connectivity index (χ1v) is 6.53. The van der Waals surface area contributed by atoms with Gasteiger partial charge in [-0.15, -0.1) is 0 Å². The summed E-state index contributed by atoms with van der Waals surface area (Å²) in [6.45, 7) is 3.11. The summed E-state index contributed by atoms with van der Waals surface area (Å²) >= 11 is 0. The average Bonchev–Trinajstić information content (AvgIpc) is 2.49. The van der Waals surface area contributed by atoms with Gasteiger partial charge in [-0.25, -0.2) is 0 Å². The predicted molar refractivity (Wildman–Crippen MR) is 79.2 cm³/mol. The topological polar surface area (TPSA) is 77.3 Å². The molecular formula is C15H17N3O3. The van der Waals surface area contributed by atoms with E-state index in [9.17, 15) is 10.1 Å². The molecule has 1 N–H and O–H groups in total. The molecule has 1 aromatic heterocycles. The number of benzene rings is 1. The van der Waals surface area contributed by atoms with Crippen molar-refractivity contribution in [3.05, 3.63) is 63.5 Å². The molecule has 0 radical (unpaired) electrons. The smallest absolute Gasteiger partial charge is 0.273 e. The highest BCUT2D eigenvalue weighted by molar-refractivity contribution is 5.42. The van der Waals surface area contributed by atoms with E-state index in [4.69, 9.17) is 4.74 Å². The average molecular weight is 287 g/mol. The summed E-state index contributed by atoms with van der Waals surface area (Å²) in [4.78, 5) is 14.7. The summed E-state index contributed by atoms with van der Waals surface area (Å²) in [6, 6.07) is 8.69. The first-order chi connectivity index (χ1) is 10.1. The minimum Gasteiger partial charge on any atom is -0.496 e. The van der Waals surface area contributed by atoms with Crippen molar-refractivity contribution in [2.75, 3.05) is 7.11 Å². The molecule has 6 nitrogen and oxygen atoms in total. The van der Waals surface area contributed by atoms with Crippen LogP contribution in [-0.2, 0) is 13.1 Å². The van der Waals surface area contributed by atoms with Crippen molar-refractivity contribution in [3.8, 4) is 5.75 Å². The van der Waals surface area contributed by atoms with E-state index < -0.39 is 4.92 Å². The molecule has 2 rings (SSSR count). The molecule has 0 spiro atoms. The van der Waals surface area contributed by atoms with Crippen LogP contribution in [0.4, 0.5) is 5.69 Å². The Labute approximate surface area is 122 Å². The van der Waals surface area contributed by atoms with Crippen LogP contribution in [-0.4, -0.2) is 17.0 Å². The fourth-order valence-electron chi connectivity index (χ4n) is 1.92. The van der Waals surface area contributed by atoms with Crippen LogP contribution in [0, 0.1) is 17.0 Å². The van der Waals surface area contributed by atoms with Gasteiger partial charge in [0.25, 0.3) is 5.69 Å². The highest BCUT2D eigenvalue weighted by atomic mass is 16.6. The lowest BCUT2D eigenvalue weighted by Crippen LogP contribution is -2.13. The Kier molecular flexibility index (Phi) is 4.84. The van der Waals surface area contributed by atoms with E-state index in [-0.39, 0.29) is 5.69 Å². The first-order valence-electron chi connectivity index (χ1n) is 6.53. The number of hydrogen-bond acceptors (Lipinski definition) is 5. The number of nitrogens with one attached hydrogen (secondary N) is 1. The van der Waals surface area contributed by atoms with Gasteiger partial charge in [-0.05, 0) is 30.2 Å². The molecule has 0 unspecified atom stereocenters. The molecule has 0 aliphatic carbocycles. The third-order valence-electron chi connectivity index (χ3n) is 3.03. The normalized spacial score (nSPS) is 10.4. The molecule has 1 heterocycles. The summed E-state index contributed by atoms with van der Waals surface area (Å²) in [7, 11) is 1.49. The molecule has 110 valence electrons. The summed E-state index contributed by atoms with van der Waals surface area (Å²) in [5.41, 5.74) is 2.88. The van der Waals surface area contributed by atoms with Crippen LogP contribution in [0.3, 0.4) is 0 Å². The van der Waals surface area contributed by atoms with Crippen molar-refractivity contribution in [1.82, 2.24) is 10.3 Å². The zero-order chi connectivity index (χ0) is 15.2. The molecule has 0 atom stereocenters. The van der Waals surface area contributed by atoms with Gasteiger partial charge in [0, 0.05) is 31.0 Å².